The average Bonchev–Trinajstić information content (AvgIpc) is 3.04. The quantitative estimate of drug-likeness (QED) is 0.648. The van der Waals surface area contributed by atoms with Crippen molar-refractivity contribution in [2.45, 2.75) is 19.8 Å². The molecule has 2 aromatic carbocycles. The Morgan fingerprint density at radius 2 is 2.08 bits per heavy atom. The number of nitrogens with one attached hydrogen (secondary N) is 1. The lowest BCUT2D eigenvalue weighted by molar-refractivity contribution is -0.126. The number of rotatable bonds is 5. The second kappa shape index (κ2) is 8.15. The van der Waals surface area contributed by atoms with Gasteiger partial charge in [0, 0.05) is 23.7 Å². The number of benzene rings is 2. The molecule has 1 saturated heterocycles. The molecule has 0 aliphatic carbocycles. The molecule has 134 valence electrons. The standard InChI is InChI=1S/C20H20ClN3O2/c1-2-14-6-8-18(9-7-14)24-13-16(11-19(24)25)20(26)23-22-12-15-4-3-5-17(21)10-15/h3-10,12,16H,2,11,13H2,1H3,(H,23,26)/b22-12+/t16-/m0/s1. The molecule has 0 unspecified atom stereocenters. The molecule has 1 fully saturated rings. The van der Waals surface area contributed by atoms with Crippen LogP contribution in [0.2, 0.25) is 5.02 Å². The third kappa shape index (κ3) is 4.29. The molecule has 3 rings (SSSR count). The molecule has 2 aromatic rings. The van der Waals surface area contributed by atoms with Crippen molar-refractivity contribution in [1.29, 1.82) is 0 Å². The van der Waals surface area contributed by atoms with Gasteiger partial charge in [-0.2, -0.15) is 5.10 Å². The van der Waals surface area contributed by atoms with Crippen molar-refractivity contribution in [2.24, 2.45) is 11.0 Å². The van der Waals surface area contributed by atoms with Gasteiger partial charge in [0.05, 0.1) is 12.1 Å². The van der Waals surface area contributed by atoms with E-state index < -0.39 is 5.92 Å². The minimum atomic E-state index is -0.412. The first kappa shape index (κ1) is 18.1. The number of carbonyl (C=O) groups excluding carboxylic acids is 2. The van der Waals surface area contributed by atoms with E-state index in [0.717, 1.165) is 17.7 Å². The molecule has 1 aliphatic heterocycles. The summed E-state index contributed by atoms with van der Waals surface area (Å²) in [5.41, 5.74) is 5.34. The first-order valence-electron chi connectivity index (χ1n) is 8.54. The van der Waals surface area contributed by atoms with E-state index in [1.54, 1.807) is 17.0 Å². The summed E-state index contributed by atoms with van der Waals surface area (Å²) in [5.74, 6) is -0.720. The third-order valence-electron chi connectivity index (χ3n) is 4.39. The van der Waals surface area contributed by atoms with E-state index in [-0.39, 0.29) is 18.2 Å². The highest BCUT2D eigenvalue weighted by Crippen LogP contribution is 2.25. The maximum absolute atomic E-state index is 12.3. The minimum absolute atomic E-state index is 0.0479. The van der Waals surface area contributed by atoms with E-state index in [1.807, 2.05) is 36.4 Å². The molecule has 0 bridgehead atoms. The Balaban J connectivity index is 1.59. The van der Waals surface area contributed by atoms with E-state index >= 15 is 0 Å². The van der Waals surface area contributed by atoms with Crippen LogP contribution in [0.25, 0.3) is 0 Å². The van der Waals surface area contributed by atoms with Crippen LogP contribution in [0.5, 0.6) is 0 Å². The number of carbonyl (C=O) groups is 2. The summed E-state index contributed by atoms with van der Waals surface area (Å²) >= 11 is 5.91. The van der Waals surface area contributed by atoms with Crippen LogP contribution < -0.4 is 10.3 Å². The van der Waals surface area contributed by atoms with Crippen LogP contribution in [-0.2, 0) is 16.0 Å². The maximum atomic E-state index is 12.3. The molecule has 5 nitrogen and oxygen atoms in total. The van der Waals surface area contributed by atoms with E-state index in [1.165, 1.54) is 11.8 Å². The van der Waals surface area contributed by atoms with Gasteiger partial charge in [-0.15, -0.1) is 0 Å². The van der Waals surface area contributed by atoms with Crippen LogP contribution in [0.3, 0.4) is 0 Å². The fourth-order valence-corrected chi connectivity index (χ4v) is 3.09. The van der Waals surface area contributed by atoms with E-state index in [4.69, 9.17) is 11.6 Å². The summed E-state index contributed by atoms with van der Waals surface area (Å²) < 4.78 is 0. The monoisotopic (exact) mass is 369 g/mol. The predicted octanol–water partition coefficient (Wildman–Crippen LogP) is 3.41. The van der Waals surface area contributed by atoms with Gasteiger partial charge in [-0.3, -0.25) is 9.59 Å². The van der Waals surface area contributed by atoms with Gasteiger partial charge in [0.25, 0.3) is 0 Å². The van der Waals surface area contributed by atoms with Crippen molar-refractivity contribution < 1.29 is 9.59 Å². The molecule has 1 heterocycles. The summed E-state index contributed by atoms with van der Waals surface area (Å²) in [7, 11) is 0. The molecule has 1 atom stereocenters. The van der Waals surface area contributed by atoms with Crippen LogP contribution >= 0.6 is 11.6 Å². The van der Waals surface area contributed by atoms with Crippen LogP contribution in [0.1, 0.15) is 24.5 Å². The smallest absolute Gasteiger partial charge is 0.245 e. The average molecular weight is 370 g/mol. The molecule has 2 amide bonds. The zero-order chi connectivity index (χ0) is 18.5. The number of hydrogen-bond donors (Lipinski definition) is 1. The Bertz CT molecular complexity index is 833. The van der Waals surface area contributed by atoms with Crippen molar-refractivity contribution in [3.05, 3.63) is 64.7 Å². The SMILES string of the molecule is CCc1ccc(N2C[C@@H](C(=O)N/N=C/c3cccc(Cl)c3)CC2=O)cc1. The van der Waals surface area contributed by atoms with Gasteiger partial charge in [0.1, 0.15) is 0 Å². The van der Waals surface area contributed by atoms with Gasteiger partial charge in [-0.05, 0) is 41.8 Å². The molecule has 0 aromatic heterocycles. The molecule has 0 radical (unpaired) electrons. The Morgan fingerprint density at radius 1 is 1.31 bits per heavy atom. The second-order valence-electron chi connectivity index (χ2n) is 6.21. The highest BCUT2D eigenvalue weighted by Gasteiger charge is 2.35. The third-order valence-corrected chi connectivity index (χ3v) is 4.62. The Hall–Kier alpha value is -2.66. The number of halogens is 1. The van der Waals surface area contributed by atoms with E-state index in [2.05, 4.69) is 17.5 Å². The second-order valence-corrected chi connectivity index (χ2v) is 6.65. The van der Waals surface area contributed by atoms with Crippen molar-refractivity contribution in [2.75, 3.05) is 11.4 Å². The van der Waals surface area contributed by atoms with Crippen LogP contribution in [0, 0.1) is 5.92 Å². The van der Waals surface area contributed by atoms with Gasteiger partial charge in [-0.25, -0.2) is 5.43 Å². The lowest BCUT2D eigenvalue weighted by atomic mass is 10.1. The lowest BCUT2D eigenvalue weighted by Crippen LogP contribution is -2.30. The molecule has 1 aliphatic rings. The Labute approximate surface area is 157 Å². The number of aryl methyl sites for hydroxylation is 1. The summed E-state index contributed by atoms with van der Waals surface area (Å²) in [6.07, 6.45) is 2.67. The van der Waals surface area contributed by atoms with Crippen molar-refractivity contribution in [3.8, 4) is 0 Å². The van der Waals surface area contributed by atoms with Crippen molar-refractivity contribution in [1.82, 2.24) is 5.43 Å². The largest absolute Gasteiger partial charge is 0.312 e. The highest BCUT2D eigenvalue weighted by atomic mass is 35.5. The molecule has 0 spiro atoms. The number of anilines is 1. The first-order chi connectivity index (χ1) is 12.6. The zero-order valence-electron chi connectivity index (χ0n) is 14.5. The Kier molecular flexibility index (Phi) is 5.68. The van der Waals surface area contributed by atoms with Gasteiger partial charge in [0.15, 0.2) is 0 Å². The van der Waals surface area contributed by atoms with Gasteiger partial charge < -0.3 is 4.90 Å². The summed E-state index contributed by atoms with van der Waals surface area (Å²) in [4.78, 5) is 26.2. The van der Waals surface area contributed by atoms with Crippen LogP contribution in [0.4, 0.5) is 5.69 Å². The van der Waals surface area contributed by atoms with E-state index in [9.17, 15) is 9.59 Å². The number of amides is 2. The first-order valence-corrected chi connectivity index (χ1v) is 8.92. The number of hydrazone groups is 1. The normalized spacial score (nSPS) is 17.1. The molecular formula is C20H20ClN3O2. The molecule has 26 heavy (non-hydrogen) atoms. The highest BCUT2D eigenvalue weighted by molar-refractivity contribution is 6.30. The Morgan fingerprint density at radius 3 is 2.77 bits per heavy atom. The molecule has 0 saturated carbocycles. The number of hydrogen-bond acceptors (Lipinski definition) is 3. The van der Waals surface area contributed by atoms with Gasteiger partial charge in [0.2, 0.25) is 11.8 Å². The van der Waals surface area contributed by atoms with Crippen molar-refractivity contribution >= 4 is 35.3 Å². The topological polar surface area (TPSA) is 61.8 Å². The lowest BCUT2D eigenvalue weighted by Gasteiger charge is -2.16. The van der Waals surface area contributed by atoms with Crippen LogP contribution in [0.15, 0.2) is 53.6 Å². The summed E-state index contributed by atoms with van der Waals surface area (Å²) in [6.45, 7) is 2.45. The van der Waals surface area contributed by atoms with E-state index in [0.29, 0.717) is 11.6 Å². The number of nitrogens with zero attached hydrogens (tertiary/aromatic N) is 2. The van der Waals surface area contributed by atoms with Crippen LogP contribution in [-0.4, -0.2) is 24.6 Å². The fraction of sp³-hybridized carbons (Fsp3) is 0.250. The predicted molar refractivity (Wildman–Crippen MR) is 103 cm³/mol. The zero-order valence-corrected chi connectivity index (χ0v) is 15.2. The maximum Gasteiger partial charge on any atom is 0.245 e. The molecular weight excluding hydrogens is 350 g/mol. The van der Waals surface area contributed by atoms with Crippen molar-refractivity contribution in [3.63, 3.8) is 0 Å². The molecule has 6 heteroatoms. The van der Waals surface area contributed by atoms with Gasteiger partial charge >= 0.3 is 0 Å². The summed E-state index contributed by atoms with van der Waals surface area (Å²) in [6, 6.07) is 15.0. The van der Waals surface area contributed by atoms with Gasteiger partial charge in [-0.1, -0.05) is 42.8 Å². The minimum Gasteiger partial charge on any atom is -0.312 e. The fourth-order valence-electron chi connectivity index (χ4n) is 2.89. The summed E-state index contributed by atoms with van der Waals surface area (Å²) in [5, 5.41) is 4.56. The molecule has 1 N–H and O–H groups in total.